The van der Waals surface area contributed by atoms with Crippen LogP contribution >= 0.6 is 0 Å². The van der Waals surface area contributed by atoms with Crippen molar-refractivity contribution in [2.45, 2.75) is 33.6 Å². The minimum absolute atomic E-state index is 0.355. The van der Waals surface area contributed by atoms with E-state index >= 15 is 0 Å². The third kappa shape index (κ3) is 2.20. The Bertz CT molecular complexity index is 575. The van der Waals surface area contributed by atoms with Crippen molar-refractivity contribution in [3.63, 3.8) is 0 Å². The Hall–Kier alpha value is -1.91. The summed E-state index contributed by atoms with van der Waals surface area (Å²) >= 11 is 0. The lowest BCUT2D eigenvalue weighted by molar-refractivity contribution is 0.0489. The number of esters is 1. The van der Waals surface area contributed by atoms with Crippen molar-refractivity contribution in [1.29, 1.82) is 0 Å². The van der Waals surface area contributed by atoms with E-state index in [4.69, 9.17) is 4.74 Å². The fraction of sp³-hybridized carbons (Fsp3) is 0.462. The summed E-state index contributed by atoms with van der Waals surface area (Å²) in [5.41, 5.74) is 2.77. The molecule has 0 aliphatic rings. The zero-order valence-corrected chi connectivity index (χ0v) is 10.9. The average Bonchev–Trinajstić information content (AvgIpc) is 2.67. The van der Waals surface area contributed by atoms with Gasteiger partial charge in [-0.25, -0.2) is 14.3 Å². The van der Waals surface area contributed by atoms with E-state index in [-0.39, 0.29) is 5.97 Å². The number of unbranched alkanes of at least 4 members (excludes halogenated alkanes) is 1. The third-order valence-corrected chi connectivity index (χ3v) is 2.81. The van der Waals surface area contributed by atoms with E-state index in [0.717, 1.165) is 18.4 Å². The zero-order chi connectivity index (χ0) is 13.1. The van der Waals surface area contributed by atoms with Gasteiger partial charge in [0, 0.05) is 6.20 Å². The summed E-state index contributed by atoms with van der Waals surface area (Å²) in [5.74, 6) is -0.355. The van der Waals surface area contributed by atoms with E-state index in [1.165, 1.54) is 0 Å². The third-order valence-electron chi connectivity index (χ3n) is 2.81. The van der Waals surface area contributed by atoms with Gasteiger partial charge in [-0.2, -0.15) is 5.10 Å². The number of aromatic nitrogens is 3. The van der Waals surface area contributed by atoms with Crippen molar-refractivity contribution in [1.82, 2.24) is 14.6 Å². The first kappa shape index (κ1) is 12.5. The normalized spacial score (nSPS) is 10.8. The standard InChI is InChI=1S/C13H17N3O2/c1-4-5-8-18-13(17)11-10(3)15-12-9(2)6-7-14-16(11)12/h6-7H,4-5,8H2,1-3H3. The highest BCUT2D eigenvalue weighted by Crippen LogP contribution is 2.14. The predicted molar refractivity (Wildman–Crippen MR) is 67.7 cm³/mol. The number of hydrogen-bond acceptors (Lipinski definition) is 4. The number of carbonyl (C=O) groups excluding carboxylic acids is 1. The van der Waals surface area contributed by atoms with Gasteiger partial charge in [0.25, 0.3) is 0 Å². The zero-order valence-electron chi connectivity index (χ0n) is 10.9. The van der Waals surface area contributed by atoms with Gasteiger partial charge in [-0.1, -0.05) is 13.3 Å². The lowest BCUT2D eigenvalue weighted by atomic mass is 10.3. The summed E-state index contributed by atoms with van der Waals surface area (Å²) < 4.78 is 6.77. The maximum absolute atomic E-state index is 12.0. The SMILES string of the molecule is CCCCOC(=O)c1c(C)nc2c(C)ccnn12. The van der Waals surface area contributed by atoms with Gasteiger partial charge in [-0.15, -0.1) is 0 Å². The number of ether oxygens (including phenoxy) is 1. The van der Waals surface area contributed by atoms with Gasteiger partial charge in [0.1, 0.15) is 0 Å². The summed E-state index contributed by atoms with van der Waals surface area (Å²) in [7, 11) is 0. The molecule has 0 saturated heterocycles. The smallest absolute Gasteiger partial charge is 0.358 e. The van der Waals surface area contributed by atoms with Crippen LogP contribution in [0.3, 0.4) is 0 Å². The van der Waals surface area contributed by atoms with Gasteiger partial charge in [0.15, 0.2) is 11.3 Å². The first-order valence-corrected chi connectivity index (χ1v) is 6.13. The molecule has 0 amide bonds. The van der Waals surface area contributed by atoms with E-state index < -0.39 is 0 Å². The van der Waals surface area contributed by atoms with Gasteiger partial charge in [0.05, 0.1) is 12.3 Å². The van der Waals surface area contributed by atoms with Gasteiger partial charge in [-0.05, 0) is 31.9 Å². The molecule has 0 aliphatic carbocycles. The number of aryl methyl sites for hydroxylation is 2. The summed E-state index contributed by atoms with van der Waals surface area (Å²) in [6.45, 7) is 6.23. The molecule has 5 nitrogen and oxygen atoms in total. The molecule has 0 aliphatic heterocycles. The van der Waals surface area contributed by atoms with Crippen LogP contribution < -0.4 is 0 Å². The molecule has 96 valence electrons. The molecule has 0 fully saturated rings. The fourth-order valence-corrected chi connectivity index (χ4v) is 1.78. The molecule has 0 N–H and O–H groups in total. The molecular formula is C13H17N3O2. The second-order valence-corrected chi connectivity index (χ2v) is 4.28. The number of hydrogen-bond donors (Lipinski definition) is 0. The van der Waals surface area contributed by atoms with Crippen LogP contribution in [-0.2, 0) is 4.74 Å². The van der Waals surface area contributed by atoms with Crippen LogP contribution in [0.2, 0.25) is 0 Å². The van der Waals surface area contributed by atoms with Crippen LogP contribution in [0.5, 0.6) is 0 Å². The lowest BCUT2D eigenvalue weighted by Gasteiger charge is -2.04. The monoisotopic (exact) mass is 247 g/mol. The Morgan fingerprint density at radius 2 is 2.22 bits per heavy atom. The lowest BCUT2D eigenvalue weighted by Crippen LogP contribution is -2.12. The van der Waals surface area contributed by atoms with Crippen LogP contribution in [0.4, 0.5) is 0 Å². The van der Waals surface area contributed by atoms with Crippen LogP contribution in [0.15, 0.2) is 12.3 Å². The molecule has 0 spiro atoms. The van der Waals surface area contributed by atoms with Crippen LogP contribution in [0.25, 0.3) is 5.65 Å². The minimum atomic E-state index is -0.355. The molecule has 0 aromatic carbocycles. The molecule has 0 saturated carbocycles. The topological polar surface area (TPSA) is 56.5 Å². The van der Waals surface area contributed by atoms with E-state index in [1.807, 2.05) is 13.0 Å². The fourth-order valence-electron chi connectivity index (χ4n) is 1.78. The molecule has 0 radical (unpaired) electrons. The molecule has 0 bridgehead atoms. The minimum Gasteiger partial charge on any atom is -0.461 e. The first-order valence-electron chi connectivity index (χ1n) is 6.13. The Balaban J connectivity index is 2.35. The van der Waals surface area contributed by atoms with Crippen molar-refractivity contribution >= 4 is 11.6 Å². The van der Waals surface area contributed by atoms with Gasteiger partial charge in [-0.3, -0.25) is 0 Å². The number of carbonyl (C=O) groups is 1. The summed E-state index contributed by atoms with van der Waals surface area (Å²) in [6.07, 6.45) is 3.52. The highest BCUT2D eigenvalue weighted by molar-refractivity contribution is 5.90. The second kappa shape index (κ2) is 5.16. The quantitative estimate of drug-likeness (QED) is 0.614. The summed E-state index contributed by atoms with van der Waals surface area (Å²) in [5, 5.41) is 4.17. The molecule has 0 unspecified atom stereocenters. The first-order chi connectivity index (χ1) is 8.65. The van der Waals surface area contributed by atoms with Crippen molar-refractivity contribution < 1.29 is 9.53 Å². The highest BCUT2D eigenvalue weighted by Gasteiger charge is 2.19. The van der Waals surface area contributed by atoms with E-state index in [0.29, 0.717) is 23.6 Å². The highest BCUT2D eigenvalue weighted by atomic mass is 16.5. The number of rotatable bonds is 4. The van der Waals surface area contributed by atoms with Crippen molar-refractivity contribution in [2.24, 2.45) is 0 Å². The largest absolute Gasteiger partial charge is 0.461 e. The van der Waals surface area contributed by atoms with Crippen LogP contribution in [0, 0.1) is 13.8 Å². The summed E-state index contributed by atoms with van der Waals surface area (Å²) in [6, 6.07) is 1.87. The van der Waals surface area contributed by atoms with E-state index in [2.05, 4.69) is 17.0 Å². The molecule has 18 heavy (non-hydrogen) atoms. The molecule has 2 aromatic rings. The maximum Gasteiger partial charge on any atom is 0.358 e. The Morgan fingerprint density at radius 1 is 1.44 bits per heavy atom. The van der Waals surface area contributed by atoms with Gasteiger partial charge >= 0.3 is 5.97 Å². The van der Waals surface area contributed by atoms with Gasteiger partial charge in [0.2, 0.25) is 0 Å². The molecule has 2 heterocycles. The molecule has 2 rings (SSSR count). The molecule has 0 atom stereocenters. The second-order valence-electron chi connectivity index (χ2n) is 4.28. The van der Waals surface area contributed by atoms with Crippen LogP contribution in [-0.4, -0.2) is 27.2 Å². The Labute approximate surface area is 106 Å². The van der Waals surface area contributed by atoms with Crippen molar-refractivity contribution in [3.05, 3.63) is 29.2 Å². The van der Waals surface area contributed by atoms with Gasteiger partial charge < -0.3 is 4.74 Å². The Morgan fingerprint density at radius 3 is 2.94 bits per heavy atom. The number of imidazole rings is 1. The molecule has 5 heteroatoms. The molecule has 2 aromatic heterocycles. The van der Waals surface area contributed by atoms with Crippen LogP contribution in [0.1, 0.15) is 41.5 Å². The Kier molecular flexibility index (Phi) is 3.60. The van der Waals surface area contributed by atoms with E-state index in [1.54, 1.807) is 17.6 Å². The number of fused-ring (bicyclic) bond motifs is 1. The molecular weight excluding hydrogens is 230 g/mol. The maximum atomic E-state index is 12.0. The average molecular weight is 247 g/mol. The number of nitrogens with zero attached hydrogens (tertiary/aromatic N) is 3. The van der Waals surface area contributed by atoms with Crippen molar-refractivity contribution in [3.8, 4) is 0 Å². The summed E-state index contributed by atoms with van der Waals surface area (Å²) in [4.78, 5) is 16.4. The van der Waals surface area contributed by atoms with E-state index in [9.17, 15) is 4.79 Å². The van der Waals surface area contributed by atoms with Crippen molar-refractivity contribution in [2.75, 3.05) is 6.61 Å². The predicted octanol–water partition coefficient (Wildman–Crippen LogP) is 2.30.